The molecule has 3 aromatic rings. The first-order valence-corrected chi connectivity index (χ1v) is 9.80. The standard InChI is InChI=1S/C23H25N3O4/c24-21(14-18-9-5-2-6-10-18)22(27)15-19(13-17-7-3-1-4-8-17)25-16-20-11-12-23(30-20)26(28)29/h1-12,16,19,21-22,27H,13-15,24H2/t19-,21-,22+/m0/s1. The summed E-state index contributed by atoms with van der Waals surface area (Å²) in [5.74, 6) is -0.0381. The highest BCUT2D eigenvalue weighted by Crippen LogP contribution is 2.17. The van der Waals surface area contributed by atoms with Crippen molar-refractivity contribution in [2.24, 2.45) is 10.7 Å². The topological polar surface area (TPSA) is 115 Å². The Morgan fingerprint density at radius 2 is 1.60 bits per heavy atom. The fraction of sp³-hybridized carbons (Fsp3) is 0.261. The van der Waals surface area contributed by atoms with Gasteiger partial charge in [0.15, 0.2) is 5.76 Å². The molecule has 0 unspecified atom stereocenters. The Bertz CT molecular complexity index is 957. The van der Waals surface area contributed by atoms with Crippen LogP contribution in [-0.4, -0.2) is 34.4 Å². The molecule has 7 heteroatoms. The molecule has 0 aliphatic heterocycles. The zero-order chi connectivity index (χ0) is 21.3. The molecule has 0 spiro atoms. The van der Waals surface area contributed by atoms with Crippen molar-refractivity contribution in [3.63, 3.8) is 0 Å². The van der Waals surface area contributed by atoms with Gasteiger partial charge in [-0.3, -0.25) is 15.1 Å². The summed E-state index contributed by atoms with van der Waals surface area (Å²) in [4.78, 5) is 14.7. The number of nitrogens with two attached hydrogens (primary N) is 1. The number of nitro groups is 1. The molecule has 1 heterocycles. The fourth-order valence-corrected chi connectivity index (χ4v) is 3.25. The van der Waals surface area contributed by atoms with Crippen molar-refractivity contribution in [3.8, 4) is 0 Å². The number of hydrogen-bond donors (Lipinski definition) is 2. The molecule has 0 saturated carbocycles. The molecule has 0 fully saturated rings. The first kappa shape index (κ1) is 21.4. The van der Waals surface area contributed by atoms with Crippen LogP contribution in [0.1, 0.15) is 23.3 Å². The molecule has 0 bridgehead atoms. The second-order valence-corrected chi connectivity index (χ2v) is 7.21. The van der Waals surface area contributed by atoms with E-state index in [-0.39, 0.29) is 11.9 Å². The van der Waals surface area contributed by atoms with Gasteiger partial charge in [-0.25, -0.2) is 0 Å². The van der Waals surface area contributed by atoms with Crippen LogP contribution >= 0.6 is 0 Å². The minimum absolute atomic E-state index is 0.256. The molecule has 0 saturated heterocycles. The molecule has 0 radical (unpaired) electrons. The third-order valence-electron chi connectivity index (χ3n) is 4.84. The highest BCUT2D eigenvalue weighted by Gasteiger charge is 2.21. The quantitative estimate of drug-likeness (QED) is 0.303. The van der Waals surface area contributed by atoms with E-state index in [2.05, 4.69) is 4.99 Å². The monoisotopic (exact) mass is 407 g/mol. The second kappa shape index (κ2) is 10.5. The predicted octanol–water partition coefficient (Wildman–Crippen LogP) is 3.54. The lowest BCUT2D eigenvalue weighted by atomic mass is 9.94. The molecule has 3 N–H and O–H groups in total. The van der Waals surface area contributed by atoms with Crippen molar-refractivity contribution in [1.82, 2.24) is 0 Å². The fourth-order valence-electron chi connectivity index (χ4n) is 3.25. The molecule has 30 heavy (non-hydrogen) atoms. The largest absolute Gasteiger partial charge is 0.433 e. The summed E-state index contributed by atoms with van der Waals surface area (Å²) >= 11 is 0. The maximum atomic E-state index is 10.8. The smallest absolute Gasteiger partial charge is 0.400 e. The van der Waals surface area contributed by atoms with Crippen molar-refractivity contribution in [2.75, 3.05) is 0 Å². The van der Waals surface area contributed by atoms with Gasteiger partial charge in [-0.2, -0.15) is 0 Å². The lowest BCUT2D eigenvalue weighted by molar-refractivity contribution is -0.402. The van der Waals surface area contributed by atoms with E-state index in [1.165, 1.54) is 18.3 Å². The van der Waals surface area contributed by atoms with Crippen molar-refractivity contribution >= 4 is 12.1 Å². The summed E-state index contributed by atoms with van der Waals surface area (Å²) in [7, 11) is 0. The number of aliphatic hydroxyl groups is 1. The molecule has 1 aromatic heterocycles. The Morgan fingerprint density at radius 3 is 2.17 bits per heavy atom. The van der Waals surface area contributed by atoms with Crippen LogP contribution in [0.4, 0.5) is 5.88 Å². The normalized spacial score (nSPS) is 14.5. The SMILES string of the molecule is N[C@@H](Cc1ccccc1)[C@H](O)C[C@H](Cc1ccccc1)N=Cc1ccc([N+](=O)[O-])o1. The van der Waals surface area contributed by atoms with Crippen LogP contribution in [-0.2, 0) is 12.8 Å². The number of furan rings is 1. The summed E-state index contributed by atoms with van der Waals surface area (Å²) in [6.07, 6.45) is 2.25. The highest BCUT2D eigenvalue weighted by molar-refractivity contribution is 5.76. The molecule has 3 atom stereocenters. The van der Waals surface area contributed by atoms with E-state index in [0.29, 0.717) is 25.0 Å². The van der Waals surface area contributed by atoms with Crippen molar-refractivity contribution in [3.05, 3.63) is 99.8 Å². The second-order valence-electron chi connectivity index (χ2n) is 7.21. The van der Waals surface area contributed by atoms with Crippen LogP contribution < -0.4 is 5.73 Å². The molecular weight excluding hydrogens is 382 g/mol. The molecule has 3 rings (SSSR count). The average molecular weight is 407 g/mol. The highest BCUT2D eigenvalue weighted by atomic mass is 16.6. The number of aliphatic imine (C=N–C) groups is 1. The van der Waals surface area contributed by atoms with Crippen LogP contribution in [0.25, 0.3) is 0 Å². The van der Waals surface area contributed by atoms with Gasteiger partial charge in [0.1, 0.15) is 4.92 Å². The lowest BCUT2D eigenvalue weighted by Gasteiger charge is -2.22. The van der Waals surface area contributed by atoms with E-state index in [1.807, 2.05) is 60.7 Å². The average Bonchev–Trinajstić information content (AvgIpc) is 3.23. The van der Waals surface area contributed by atoms with Crippen LogP contribution in [0, 0.1) is 10.1 Å². The Morgan fingerprint density at radius 1 is 1.00 bits per heavy atom. The van der Waals surface area contributed by atoms with Gasteiger partial charge in [0.2, 0.25) is 0 Å². The van der Waals surface area contributed by atoms with Gasteiger partial charge >= 0.3 is 5.88 Å². The Hall–Kier alpha value is -3.29. The Kier molecular flexibility index (Phi) is 7.48. The number of benzene rings is 2. The zero-order valence-corrected chi connectivity index (χ0v) is 16.5. The summed E-state index contributed by atoms with van der Waals surface area (Å²) in [6.45, 7) is 0. The van der Waals surface area contributed by atoms with Crippen LogP contribution in [0.15, 0.2) is 82.2 Å². The maximum Gasteiger partial charge on any atom is 0.433 e. The van der Waals surface area contributed by atoms with Crippen molar-refractivity contribution < 1.29 is 14.4 Å². The molecule has 0 aliphatic carbocycles. The Labute approximate surface area is 175 Å². The zero-order valence-electron chi connectivity index (χ0n) is 16.5. The van der Waals surface area contributed by atoms with Crippen LogP contribution in [0.3, 0.4) is 0 Å². The van der Waals surface area contributed by atoms with Gasteiger partial charge in [0.05, 0.1) is 24.4 Å². The number of hydrogen-bond acceptors (Lipinski definition) is 6. The summed E-state index contributed by atoms with van der Waals surface area (Å²) in [5.41, 5.74) is 8.38. The third-order valence-corrected chi connectivity index (χ3v) is 4.84. The predicted molar refractivity (Wildman–Crippen MR) is 116 cm³/mol. The third kappa shape index (κ3) is 6.37. The minimum Gasteiger partial charge on any atom is -0.400 e. The molecular formula is C23H25N3O4. The van der Waals surface area contributed by atoms with Gasteiger partial charge in [-0.15, -0.1) is 0 Å². The number of rotatable bonds is 10. The maximum absolute atomic E-state index is 10.8. The summed E-state index contributed by atoms with van der Waals surface area (Å²) < 4.78 is 5.14. The number of aliphatic hydroxyl groups excluding tert-OH is 1. The molecule has 0 aliphatic rings. The van der Waals surface area contributed by atoms with Gasteiger partial charge in [0, 0.05) is 6.04 Å². The lowest BCUT2D eigenvalue weighted by Crippen LogP contribution is -2.39. The van der Waals surface area contributed by atoms with E-state index in [9.17, 15) is 15.2 Å². The van der Waals surface area contributed by atoms with Crippen molar-refractivity contribution in [1.29, 1.82) is 0 Å². The van der Waals surface area contributed by atoms with Gasteiger partial charge in [-0.05, 0) is 36.5 Å². The molecule has 7 nitrogen and oxygen atoms in total. The van der Waals surface area contributed by atoms with E-state index < -0.39 is 17.1 Å². The van der Waals surface area contributed by atoms with Gasteiger partial charge in [-0.1, -0.05) is 60.7 Å². The van der Waals surface area contributed by atoms with E-state index in [4.69, 9.17) is 10.2 Å². The number of nitrogens with zero attached hydrogens (tertiary/aromatic N) is 2. The van der Waals surface area contributed by atoms with Crippen LogP contribution in [0.2, 0.25) is 0 Å². The molecule has 2 aromatic carbocycles. The van der Waals surface area contributed by atoms with Crippen molar-refractivity contribution in [2.45, 2.75) is 37.5 Å². The van der Waals surface area contributed by atoms with E-state index >= 15 is 0 Å². The first-order valence-electron chi connectivity index (χ1n) is 9.80. The molecule has 156 valence electrons. The van der Waals surface area contributed by atoms with Gasteiger partial charge in [0.25, 0.3) is 0 Å². The van der Waals surface area contributed by atoms with E-state index in [1.54, 1.807) is 0 Å². The molecule has 0 amide bonds. The van der Waals surface area contributed by atoms with E-state index in [0.717, 1.165) is 11.1 Å². The van der Waals surface area contributed by atoms with Crippen LogP contribution in [0.5, 0.6) is 0 Å². The first-order chi connectivity index (χ1) is 14.5. The minimum atomic E-state index is -0.748. The summed E-state index contributed by atoms with van der Waals surface area (Å²) in [5, 5.41) is 21.5. The Balaban J connectivity index is 1.69. The summed E-state index contributed by atoms with van der Waals surface area (Å²) in [6, 6.07) is 21.7. The van der Waals surface area contributed by atoms with Gasteiger partial charge < -0.3 is 15.3 Å².